The lowest BCUT2D eigenvalue weighted by atomic mass is 9.96. The van der Waals surface area contributed by atoms with Crippen molar-refractivity contribution in [2.45, 2.75) is 61.6 Å². The molecule has 31 heavy (non-hydrogen) atoms. The molecule has 8 heteroatoms. The molecule has 3 N–H and O–H groups in total. The maximum absolute atomic E-state index is 13.1. The molecule has 1 fully saturated rings. The Kier molecular flexibility index (Phi) is 6.31. The van der Waals surface area contributed by atoms with Crippen molar-refractivity contribution >= 4 is 15.9 Å². The lowest BCUT2D eigenvalue weighted by Crippen LogP contribution is -2.36. The molecular formula is C23H28N2O5S. The number of aliphatic hydroxyl groups is 1. The average Bonchev–Trinajstić information content (AvgIpc) is 3.08. The van der Waals surface area contributed by atoms with Crippen LogP contribution in [0.1, 0.15) is 59.6 Å². The number of hydrogen-bond acceptors (Lipinski definition) is 5. The van der Waals surface area contributed by atoms with Gasteiger partial charge in [-0.2, -0.15) is 0 Å². The zero-order chi connectivity index (χ0) is 22.0. The average molecular weight is 445 g/mol. The van der Waals surface area contributed by atoms with Crippen molar-refractivity contribution in [3.63, 3.8) is 0 Å². The van der Waals surface area contributed by atoms with Gasteiger partial charge in [0.1, 0.15) is 5.75 Å². The Labute approximate surface area is 182 Å². The molecule has 2 aliphatic carbocycles. The fourth-order valence-corrected chi connectivity index (χ4v) is 5.84. The predicted molar refractivity (Wildman–Crippen MR) is 117 cm³/mol. The first-order valence-electron chi connectivity index (χ1n) is 10.7. The Morgan fingerprint density at radius 2 is 1.84 bits per heavy atom. The van der Waals surface area contributed by atoms with E-state index < -0.39 is 28.1 Å². The topological polar surface area (TPSA) is 105 Å². The van der Waals surface area contributed by atoms with E-state index in [0.717, 1.165) is 43.2 Å². The summed E-state index contributed by atoms with van der Waals surface area (Å²) in [5.74, 6) is -0.220. The molecule has 0 radical (unpaired) electrons. The number of sulfonamides is 1. The van der Waals surface area contributed by atoms with Gasteiger partial charge in [-0.25, -0.2) is 13.1 Å². The molecule has 0 spiro atoms. The fourth-order valence-electron chi connectivity index (χ4n) is 4.51. The van der Waals surface area contributed by atoms with Crippen LogP contribution in [-0.4, -0.2) is 38.7 Å². The predicted octanol–water partition coefficient (Wildman–Crippen LogP) is 2.69. The number of hydrogen-bond donors (Lipinski definition) is 3. The number of ether oxygens (including phenoxy) is 1. The summed E-state index contributed by atoms with van der Waals surface area (Å²) in [4.78, 5) is 13.1. The van der Waals surface area contributed by atoms with Crippen molar-refractivity contribution < 1.29 is 23.1 Å². The van der Waals surface area contributed by atoms with Crippen LogP contribution >= 0.6 is 0 Å². The third-order valence-electron chi connectivity index (χ3n) is 6.14. The van der Waals surface area contributed by atoms with Gasteiger partial charge in [-0.05, 0) is 42.2 Å². The summed E-state index contributed by atoms with van der Waals surface area (Å²) in [6.45, 7) is 0. The van der Waals surface area contributed by atoms with Crippen molar-refractivity contribution in [3.05, 3.63) is 59.2 Å². The van der Waals surface area contributed by atoms with E-state index in [9.17, 15) is 18.3 Å². The van der Waals surface area contributed by atoms with Crippen molar-refractivity contribution in [3.8, 4) is 5.75 Å². The van der Waals surface area contributed by atoms with Crippen LogP contribution in [0.15, 0.2) is 47.4 Å². The van der Waals surface area contributed by atoms with Crippen LogP contribution in [0.25, 0.3) is 0 Å². The minimum absolute atomic E-state index is 0.0244. The van der Waals surface area contributed by atoms with E-state index in [2.05, 4.69) is 10.0 Å². The third-order valence-corrected chi connectivity index (χ3v) is 7.66. The van der Waals surface area contributed by atoms with Crippen LogP contribution < -0.4 is 14.8 Å². The van der Waals surface area contributed by atoms with Crippen LogP contribution in [0, 0.1) is 0 Å². The fraction of sp³-hybridized carbons (Fsp3) is 0.435. The number of aliphatic hydroxyl groups excluding tert-OH is 1. The van der Waals surface area contributed by atoms with Gasteiger partial charge in [-0.3, -0.25) is 4.79 Å². The van der Waals surface area contributed by atoms with E-state index in [4.69, 9.17) is 4.74 Å². The summed E-state index contributed by atoms with van der Waals surface area (Å²) in [5.41, 5.74) is 1.97. The molecule has 2 aromatic carbocycles. The Hall–Kier alpha value is -2.42. The molecule has 2 aromatic rings. The van der Waals surface area contributed by atoms with Gasteiger partial charge in [0.15, 0.2) is 0 Å². The summed E-state index contributed by atoms with van der Waals surface area (Å²) in [6, 6.07) is 11.2. The van der Waals surface area contributed by atoms with Crippen LogP contribution in [0.5, 0.6) is 5.75 Å². The highest BCUT2D eigenvalue weighted by Gasteiger charge is 2.33. The molecule has 1 amide bonds. The van der Waals surface area contributed by atoms with Gasteiger partial charge in [0.05, 0.1) is 29.7 Å². The van der Waals surface area contributed by atoms with Crippen molar-refractivity contribution in [2.24, 2.45) is 0 Å². The maximum atomic E-state index is 13.1. The SMILES string of the molecule is COc1ccc(S(=O)(=O)NC2CCCCC2)cc1C(=O)NC1c2ccccc2CC1O. The van der Waals surface area contributed by atoms with Gasteiger partial charge >= 0.3 is 0 Å². The van der Waals surface area contributed by atoms with Gasteiger partial charge in [-0.1, -0.05) is 43.5 Å². The van der Waals surface area contributed by atoms with Gasteiger partial charge in [0.2, 0.25) is 10.0 Å². The zero-order valence-electron chi connectivity index (χ0n) is 17.5. The van der Waals surface area contributed by atoms with Gasteiger partial charge in [0, 0.05) is 12.5 Å². The molecule has 1 saturated carbocycles. The molecule has 7 nitrogen and oxygen atoms in total. The number of benzene rings is 2. The molecule has 0 heterocycles. The lowest BCUT2D eigenvalue weighted by molar-refractivity contribution is 0.0855. The molecule has 0 saturated heterocycles. The first kappa shape index (κ1) is 21.8. The van der Waals surface area contributed by atoms with Crippen LogP contribution in [0.3, 0.4) is 0 Å². The van der Waals surface area contributed by atoms with Crippen LogP contribution in [0.4, 0.5) is 0 Å². The highest BCUT2D eigenvalue weighted by molar-refractivity contribution is 7.89. The first-order chi connectivity index (χ1) is 14.9. The Bertz CT molecular complexity index is 1060. The van der Waals surface area contributed by atoms with Gasteiger partial charge in [-0.15, -0.1) is 0 Å². The number of methoxy groups -OCH3 is 1. The second kappa shape index (κ2) is 8.98. The molecule has 2 atom stereocenters. The van der Waals surface area contributed by atoms with Crippen molar-refractivity contribution in [1.82, 2.24) is 10.0 Å². The van der Waals surface area contributed by atoms with E-state index in [0.29, 0.717) is 6.42 Å². The number of rotatable bonds is 6. The van der Waals surface area contributed by atoms with E-state index in [1.807, 2.05) is 24.3 Å². The van der Waals surface area contributed by atoms with Gasteiger partial charge in [0.25, 0.3) is 5.91 Å². The van der Waals surface area contributed by atoms with Crippen LogP contribution in [0.2, 0.25) is 0 Å². The molecule has 0 bridgehead atoms. The van der Waals surface area contributed by atoms with Crippen LogP contribution in [-0.2, 0) is 16.4 Å². The largest absolute Gasteiger partial charge is 0.496 e. The minimum atomic E-state index is -3.76. The van der Waals surface area contributed by atoms with E-state index in [-0.39, 0.29) is 22.3 Å². The van der Waals surface area contributed by atoms with E-state index in [1.165, 1.54) is 25.3 Å². The second-order valence-electron chi connectivity index (χ2n) is 8.24. The van der Waals surface area contributed by atoms with E-state index in [1.54, 1.807) is 0 Å². The quantitative estimate of drug-likeness (QED) is 0.635. The summed E-state index contributed by atoms with van der Waals surface area (Å²) in [6.07, 6.45) is 4.50. The third kappa shape index (κ3) is 4.61. The monoisotopic (exact) mass is 444 g/mol. The smallest absolute Gasteiger partial charge is 0.255 e. The highest BCUT2D eigenvalue weighted by Crippen LogP contribution is 2.32. The zero-order valence-corrected chi connectivity index (χ0v) is 18.3. The second-order valence-corrected chi connectivity index (χ2v) is 9.95. The molecular weight excluding hydrogens is 416 g/mol. The maximum Gasteiger partial charge on any atom is 0.255 e. The summed E-state index contributed by atoms with van der Waals surface area (Å²) in [5, 5.41) is 13.3. The lowest BCUT2D eigenvalue weighted by Gasteiger charge is -2.23. The number of nitrogens with one attached hydrogen (secondary N) is 2. The Morgan fingerprint density at radius 1 is 1.10 bits per heavy atom. The van der Waals surface area contributed by atoms with E-state index >= 15 is 0 Å². The number of carbonyl (C=O) groups is 1. The summed E-state index contributed by atoms with van der Waals surface area (Å²) >= 11 is 0. The minimum Gasteiger partial charge on any atom is -0.496 e. The first-order valence-corrected chi connectivity index (χ1v) is 12.1. The Balaban J connectivity index is 1.58. The van der Waals surface area contributed by atoms with Crippen molar-refractivity contribution in [2.75, 3.05) is 7.11 Å². The summed E-state index contributed by atoms with van der Waals surface area (Å²) in [7, 11) is -2.33. The summed E-state index contributed by atoms with van der Waals surface area (Å²) < 4.78 is 33.9. The number of fused-ring (bicyclic) bond motifs is 1. The molecule has 2 aliphatic rings. The molecule has 0 aliphatic heterocycles. The van der Waals surface area contributed by atoms with Crippen molar-refractivity contribution in [1.29, 1.82) is 0 Å². The molecule has 2 unspecified atom stereocenters. The standard InChI is InChI=1S/C23H28N2O5S/c1-30-21-12-11-17(31(28,29)25-16-8-3-2-4-9-16)14-19(21)23(27)24-22-18-10-6-5-7-15(18)13-20(22)26/h5-7,10-12,14,16,20,22,25-26H,2-4,8-9,13H2,1H3,(H,24,27). The number of amides is 1. The molecule has 4 rings (SSSR count). The van der Waals surface area contributed by atoms with Gasteiger partial charge < -0.3 is 15.2 Å². The molecule has 166 valence electrons. The number of carbonyl (C=O) groups excluding carboxylic acids is 1. The highest BCUT2D eigenvalue weighted by atomic mass is 32.2. The molecule has 0 aromatic heterocycles. The normalized spacial score (nSPS) is 21.5. The Morgan fingerprint density at radius 3 is 2.58 bits per heavy atom.